The maximum atomic E-state index is 12.3. The molecule has 7 heteroatoms. The summed E-state index contributed by atoms with van der Waals surface area (Å²) in [6.07, 6.45) is -0.743. The van der Waals surface area contributed by atoms with E-state index in [0.29, 0.717) is 10.8 Å². The Hall–Kier alpha value is -2.24. The van der Waals surface area contributed by atoms with Crippen molar-refractivity contribution in [3.05, 3.63) is 64.1 Å². The highest BCUT2D eigenvalue weighted by Gasteiger charge is 2.24. The van der Waals surface area contributed by atoms with E-state index in [-0.39, 0.29) is 11.4 Å². The molecule has 132 valence electrons. The molecule has 0 heterocycles. The first-order valence-corrected chi connectivity index (χ1v) is 8.31. The molecule has 0 radical (unpaired) electrons. The number of benzene rings is 2. The number of carboxylic acid groups (broad SMARTS) is 1. The van der Waals surface area contributed by atoms with Gasteiger partial charge in [-0.15, -0.1) is 0 Å². The van der Waals surface area contributed by atoms with Gasteiger partial charge in [0.2, 0.25) is 0 Å². The highest BCUT2D eigenvalue weighted by Crippen LogP contribution is 2.28. The average Bonchev–Trinajstić information content (AvgIpc) is 2.57. The molecule has 5 nitrogen and oxygen atoms in total. The summed E-state index contributed by atoms with van der Waals surface area (Å²) in [5.41, 5.74) is 0.810. The predicted octanol–water partition coefficient (Wildman–Crippen LogP) is 3.57. The summed E-state index contributed by atoms with van der Waals surface area (Å²) in [7, 11) is 0. The Morgan fingerprint density at radius 1 is 1.16 bits per heavy atom. The van der Waals surface area contributed by atoms with Crippen molar-refractivity contribution in [3.63, 3.8) is 0 Å². The van der Waals surface area contributed by atoms with E-state index in [1.54, 1.807) is 24.3 Å². The van der Waals surface area contributed by atoms with Crippen LogP contribution in [0.25, 0.3) is 0 Å². The molecule has 0 aliphatic carbocycles. The summed E-state index contributed by atoms with van der Waals surface area (Å²) in [6.45, 7) is 1.52. The van der Waals surface area contributed by atoms with Gasteiger partial charge in [0.15, 0.2) is 6.10 Å². The van der Waals surface area contributed by atoms with E-state index in [2.05, 4.69) is 5.32 Å². The number of nitrogens with one attached hydrogen (secondary N) is 1. The van der Waals surface area contributed by atoms with Crippen LogP contribution in [-0.2, 0) is 16.0 Å². The third kappa shape index (κ3) is 5.66. The molecule has 2 N–H and O–H groups in total. The van der Waals surface area contributed by atoms with E-state index in [1.165, 1.54) is 13.0 Å². The van der Waals surface area contributed by atoms with Crippen LogP contribution in [0.15, 0.2) is 48.5 Å². The molecule has 2 aromatic rings. The molecule has 1 amide bonds. The lowest BCUT2D eigenvalue weighted by atomic mass is 10.1. The molecule has 0 aromatic heterocycles. The van der Waals surface area contributed by atoms with E-state index in [1.807, 2.05) is 18.2 Å². The lowest BCUT2D eigenvalue weighted by Gasteiger charge is -2.19. The normalized spacial score (nSPS) is 12.9. The zero-order valence-corrected chi connectivity index (χ0v) is 14.9. The number of aliphatic carboxylic acids is 1. The fourth-order valence-corrected chi connectivity index (χ4v) is 2.61. The van der Waals surface area contributed by atoms with Gasteiger partial charge in [-0.2, -0.15) is 0 Å². The molecule has 0 spiro atoms. The standard InChI is InChI=1S/C18H17Cl2NO4/c1-11(25-16-8-7-13(19)10-14(16)20)17(22)21-15(18(23)24)9-12-5-3-2-4-6-12/h2-8,10-11,15H,9H2,1H3,(H,21,22)(H,23,24)/t11-,15-/m1/s1. The van der Waals surface area contributed by atoms with Gasteiger partial charge in [-0.05, 0) is 30.7 Å². The zero-order valence-electron chi connectivity index (χ0n) is 13.4. The molecular weight excluding hydrogens is 365 g/mol. The summed E-state index contributed by atoms with van der Waals surface area (Å²) in [6, 6.07) is 12.6. The monoisotopic (exact) mass is 381 g/mol. The topological polar surface area (TPSA) is 75.6 Å². The minimum Gasteiger partial charge on any atom is -0.480 e. The molecule has 0 aliphatic heterocycles. The predicted molar refractivity (Wildman–Crippen MR) is 96.3 cm³/mol. The van der Waals surface area contributed by atoms with Gasteiger partial charge in [-0.3, -0.25) is 4.79 Å². The maximum Gasteiger partial charge on any atom is 0.326 e. The average molecular weight is 382 g/mol. The van der Waals surface area contributed by atoms with Gasteiger partial charge in [0, 0.05) is 11.4 Å². The third-order valence-corrected chi connectivity index (χ3v) is 3.99. The first-order valence-electron chi connectivity index (χ1n) is 7.55. The third-order valence-electron chi connectivity index (χ3n) is 3.46. The second-order valence-corrected chi connectivity index (χ2v) is 6.27. The number of amides is 1. The highest BCUT2D eigenvalue weighted by atomic mass is 35.5. The van der Waals surface area contributed by atoms with E-state index in [9.17, 15) is 14.7 Å². The van der Waals surface area contributed by atoms with Gasteiger partial charge in [0.1, 0.15) is 11.8 Å². The van der Waals surface area contributed by atoms with E-state index < -0.39 is 24.0 Å². The van der Waals surface area contributed by atoms with Crippen molar-refractivity contribution in [2.45, 2.75) is 25.5 Å². The van der Waals surface area contributed by atoms with Gasteiger partial charge in [-0.25, -0.2) is 4.79 Å². The highest BCUT2D eigenvalue weighted by molar-refractivity contribution is 6.35. The van der Waals surface area contributed by atoms with Crippen LogP contribution in [0.1, 0.15) is 12.5 Å². The Labute approximate surface area is 155 Å². The minimum atomic E-state index is -1.12. The van der Waals surface area contributed by atoms with E-state index in [0.717, 1.165) is 5.56 Å². The smallest absolute Gasteiger partial charge is 0.326 e. The molecule has 0 saturated carbocycles. The summed E-state index contributed by atoms with van der Waals surface area (Å²) in [5, 5.41) is 12.5. The number of hydrogen-bond donors (Lipinski definition) is 2. The van der Waals surface area contributed by atoms with Crippen LogP contribution in [0.3, 0.4) is 0 Å². The van der Waals surface area contributed by atoms with Crippen molar-refractivity contribution < 1.29 is 19.4 Å². The first-order chi connectivity index (χ1) is 11.9. The van der Waals surface area contributed by atoms with Crippen LogP contribution in [0.5, 0.6) is 5.75 Å². The van der Waals surface area contributed by atoms with Crippen molar-refractivity contribution in [2.24, 2.45) is 0 Å². The molecule has 0 saturated heterocycles. The number of halogens is 2. The van der Waals surface area contributed by atoms with Gasteiger partial charge < -0.3 is 15.2 Å². The Morgan fingerprint density at radius 3 is 2.44 bits per heavy atom. The van der Waals surface area contributed by atoms with Gasteiger partial charge >= 0.3 is 5.97 Å². The van der Waals surface area contributed by atoms with E-state index in [4.69, 9.17) is 27.9 Å². The molecule has 25 heavy (non-hydrogen) atoms. The number of carbonyl (C=O) groups is 2. The number of ether oxygens (including phenoxy) is 1. The second-order valence-electron chi connectivity index (χ2n) is 5.42. The molecular formula is C18H17Cl2NO4. The lowest BCUT2D eigenvalue weighted by Crippen LogP contribution is -2.47. The number of hydrogen-bond acceptors (Lipinski definition) is 3. The molecule has 2 rings (SSSR count). The second kappa shape index (κ2) is 8.74. The Bertz CT molecular complexity index is 752. The molecule has 0 bridgehead atoms. The Morgan fingerprint density at radius 2 is 1.84 bits per heavy atom. The minimum absolute atomic E-state index is 0.177. The summed E-state index contributed by atoms with van der Waals surface area (Å²) in [4.78, 5) is 23.7. The molecule has 0 fully saturated rings. The zero-order chi connectivity index (χ0) is 18.4. The van der Waals surface area contributed by atoms with Crippen LogP contribution in [-0.4, -0.2) is 29.1 Å². The number of rotatable bonds is 7. The quantitative estimate of drug-likeness (QED) is 0.768. The van der Waals surface area contributed by atoms with Crippen molar-refractivity contribution in [2.75, 3.05) is 0 Å². The van der Waals surface area contributed by atoms with Crippen molar-refractivity contribution in [1.29, 1.82) is 0 Å². The van der Waals surface area contributed by atoms with Crippen LogP contribution >= 0.6 is 23.2 Å². The van der Waals surface area contributed by atoms with Crippen molar-refractivity contribution in [1.82, 2.24) is 5.32 Å². The molecule has 2 aromatic carbocycles. The largest absolute Gasteiger partial charge is 0.480 e. The van der Waals surface area contributed by atoms with Crippen LogP contribution < -0.4 is 10.1 Å². The summed E-state index contributed by atoms with van der Waals surface area (Å²) in [5.74, 6) is -1.37. The fraction of sp³-hybridized carbons (Fsp3) is 0.222. The Balaban J connectivity index is 2.01. The van der Waals surface area contributed by atoms with Crippen molar-refractivity contribution in [3.8, 4) is 5.75 Å². The van der Waals surface area contributed by atoms with E-state index >= 15 is 0 Å². The van der Waals surface area contributed by atoms with Gasteiger partial charge in [-0.1, -0.05) is 53.5 Å². The molecule has 2 atom stereocenters. The van der Waals surface area contributed by atoms with Crippen LogP contribution in [0.4, 0.5) is 0 Å². The summed E-state index contributed by atoms with van der Waals surface area (Å²) >= 11 is 11.8. The lowest BCUT2D eigenvalue weighted by molar-refractivity contribution is -0.142. The van der Waals surface area contributed by atoms with Gasteiger partial charge in [0.05, 0.1) is 5.02 Å². The Kier molecular flexibility index (Phi) is 6.67. The fourth-order valence-electron chi connectivity index (χ4n) is 2.15. The van der Waals surface area contributed by atoms with Gasteiger partial charge in [0.25, 0.3) is 5.91 Å². The van der Waals surface area contributed by atoms with Crippen LogP contribution in [0, 0.1) is 0 Å². The summed E-state index contributed by atoms with van der Waals surface area (Å²) < 4.78 is 5.50. The molecule has 0 unspecified atom stereocenters. The first kappa shape index (κ1) is 19.1. The molecule has 0 aliphatic rings. The maximum absolute atomic E-state index is 12.3. The van der Waals surface area contributed by atoms with Crippen LogP contribution in [0.2, 0.25) is 10.0 Å². The number of carboxylic acids is 1. The van der Waals surface area contributed by atoms with Crippen molar-refractivity contribution >= 4 is 35.1 Å². The number of carbonyl (C=O) groups excluding carboxylic acids is 1. The SMILES string of the molecule is C[C@@H](Oc1ccc(Cl)cc1Cl)C(=O)N[C@H](Cc1ccccc1)C(=O)O.